The SMILES string of the molecule is Cc1c(OCC(F)(F)F)ccnc1CSc1nc2ccccc2n1C(=O)N(C)CCOC(=O)CN(C)C. The number of para-hydroxylation sites is 2. The van der Waals surface area contributed by atoms with Crippen LogP contribution in [0.5, 0.6) is 5.75 Å². The third-order valence-corrected chi connectivity index (χ3v) is 6.12. The number of nitrogens with zero attached hydrogens (tertiary/aromatic N) is 5. The van der Waals surface area contributed by atoms with E-state index in [1.54, 1.807) is 57.2 Å². The van der Waals surface area contributed by atoms with Crippen LogP contribution in [0.15, 0.2) is 41.7 Å². The van der Waals surface area contributed by atoms with E-state index in [2.05, 4.69) is 9.97 Å². The number of carbonyl (C=O) groups excluding carboxylic acids is 2. The zero-order chi connectivity index (χ0) is 27.2. The molecule has 0 bridgehead atoms. The second kappa shape index (κ2) is 12.3. The lowest BCUT2D eigenvalue weighted by Crippen LogP contribution is -2.35. The first-order valence-electron chi connectivity index (χ1n) is 11.3. The zero-order valence-corrected chi connectivity index (χ0v) is 21.7. The highest BCUT2D eigenvalue weighted by atomic mass is 32.2. The first-order valence-corrected chi connectivity index (χ1v) is 12.2. The van der Waals surface area contributed by atoms with Crippen LogP contribution in [0.4, 0.5) is 18.0 Å². The Labute approximate surface area is 216 Å². The molecule has 200 valence electrons. The molecule has 0 atom stereocenters. The molecule has 0 fully saturated rings. The number of amides is 1. The molecule has 13 heteroatoms. The van der Waals surface area contributed by atoms with E-state index < -0.39 is 12.8 Å². The number of alkyl halides is 3. The largest absolute Gasteiger partial charge is 0.484 e. The first kappa shape index (κ1) is 28.3. The normalized spacial score (nSPS) is 11.7. The summed E-state index contributed by atoms with van der Waals surface area (Å²) in [5, 5.41) is 0.394. The monoisotopic (exact) mass is 539 g/mol. The maximum atomic E-state index is 13.4. The minimum atomic E-state index is -4.45. The average Bonchev–Trinajstić information content (AvgIpc) is 3.19. The van der Waals surface area contributed by atoms with Crippen molar-refractivity contribution in [3.05, 3.63) is 47.8 Å². The van der Waals surface area contributed by atoms with Crippen molar-refractivity contribution >= 4 is 34.8 Å². The lowest BCUT2D eigenvalue weighted by Gasteiger charge is -2.19. The summed E-state index contributed by atoms with van der Waals surface area (Å²) >= 11 is 1.23. The van der Waals surface area contributed by atoms with Crippen LogP contribution < -0.4 is 4.74 Å². The number of benzene rings is 1. The molecule has 0 saturated heterocycles. The number of esters is 1. The van der Waals surface area contributed by atoms with Crippen LogP contribution in [0, 0.1) is 6.92 Å². The minimum Gasteiger partial charge on any atom is -0.484 e. The van der Waals surface area contributed by atoms with Crippen molar-refractivity contribution in [2.45, 2.75) is 24.0 Å². The van der Waals surface area contributed by atoms with Gasteiger partial charge < -0.3 is 14.4 Å². The van der Waals surface area contributed by atoms with Crippen molar-refractivity contribution in [1.82, 2.24) is 24.3 Å². The van der Waals surface area contributed by atoms with Crippen LogP contribution in [-0.4, -0.2) is 90.0 Å². The van der Waals surface area contributed by atoms with Crippen molar-refractivity contribution in [2.75, 3.05) is 47.4 Å². The van der Waals surface area contributed by atoms with Gasteiger partial charge in [-0.1, -0.05) is 23.9 Å². The molecular formula is C24H28F3N5O4S. The van der Waals surface area contributed by atoms with Crippen LogP contribution in [0.1, 0.15) is 11.3 Å². The molecule has 37 heavy (non-hydrogen) atoms. The lowest BCUT2D eigenvalue weighted by molar-refractivity contribution is -0.153. The van der Waals surface area contributed by atoms with Gasteiger partial charge >= 0.3 is 18.2 Å². The van der Waals surface area contributed by atoms with E-state index >= 15 is 0 Å². The van der Waals surface area contributed by atoms with Gasteiger partial charge in [0.25, 0.3) is 0 Å². The molecule has 0 unspecified atom stereocenters. The summed E-state index contributed by atoms with van der Waals surface area (Å²) in [6, 6.07) is 8.16. The van der Waals surface area contributed by atoms with Crippen LogP contribution in [-0.2, 0) is 15.3 Å². The van der Waals surface area contributed by atoms with Crippen molar-refractivity contribution in [1.29, 1.82) is 0 Å². The summed E-state index contributed by atoms with van der Waals surface area (Å²) in [4.78, 5) is 37.1. The first-order chi connectivity index (χ1) is 17.5. The highest BCUT2D eigenvalue weighted by molar-refractivity contribution is 7.98. The number of pyridine rings is 1. The van der Waals surface area contributed by atoms with Crippen molar-refractivity contribution in [3.63, 3.8) is 0 Å². The Kier molecular flexibility index (Phi) is 9.38. The van der Waals surface area contributed by atoms with Gasteiger partial charge in [0.05, 0.1) is 29.8 Å². The van der Waals surface area contributed by atoms with Gasteiger partial charge in [0.2, 0.25) is 0 Å². The second-order valence-corrected chi connectivity index (χ2v) is 9.40. The number of hydrogen-bond donors (Lipinski definition) is 0. The van der Waals surface area contributed by atoms with Gasteiger partial charge in [-0.25, -0.2) is 14.3 Å². The Morgan fingerprint density at radius 1 is 1.14 bits per heavy atom. The smallest absolute Gasteiger partial charge is 0.422 e. The van der Waals surface area contributed by atoms with E-state index in [1.165, 1.54) is 33.5 Å². The molecule has 2 heterocycles. The number of halogens is 3. The summed E-state index contributed by atoms with van der Waals surface area (Å²) < 4.78 is 49.3. The molecule has 2 aromatic heterocycles. The summed E-state index contributed by atoms with van der Waals surface area (Å²) in [5.74, 6) is -0.0483. The molecule has 3 aromatic rings. The third-order valence-electron chi connectivity index (χ3n) is 5.17. The Morgan fingerprint density at radius 3 is 2.57 bits per heavy atom. The molecule has 0 aliphatic heterocycles. The molecule has 0 radical (unpaired) electrons. The molecule has 0 aliphatic rings. The zero-order valence-electron chi connectivity index (χ0n) is 20.9. The molecule has 1 aromatic carbocycles. The summed E-state index contributed by atoms with van der Waals surface area (Å²) in [6.45, 7) is 0.589. The van der Waals surface area contributed by atoms with E-state index in [-0.39, 0.29) is 43.2 Å². The molecule has 0 saturated carbocycles. The number of aromatic nitrogens is 3. The van der Waals surface area contributed by atoms with E-state index in [9.17, 15) is 22.8 Å². The fourth-order valence-electron chi connectivity index (χ4n) is 3.31. The van der Waals surface area contributed by atoms with Crippen molar-refractivity contribution in [3.8, 4) is 5.75 Å². The van der Waals surface area contributed by atoms with Crippen LogP contribution in [0.2, 0.25) is 0 Å². The Hall–Kier alpha value is -3.32. The fraction of sp³-hybridized carbons (Fsp3) is 0.417. The number of hydrogen-bond acceptors (Lipinski definition) is 8. The predicted octanol–water partition coefficient (Wildman–Crippen LogP) is 3.98. The van der Waals surface area contributed by atoms with E-state index in [4.69, 9.17) is 9.47 Å². The lowest BCUT2D eigenvalue weighted by atomic mass is 10.2. The predicted molar refractivity (Wildman–Crippen MR) is 133 cm³/mol. The van der Waals surface area contributed by atoms with Gasteiger partial charge in [-0.2, -0.15) is 13.2 Å². The van der Waals surface area contributed by atoms with E-state index in [0.29, 0.717) is 27.4 Å². The van der Waals surface area contributed by atoms with E-state index in [1.807, 2.05) is 0 Å². The number of thioether (sulfide) groups is 1. The van der Waals surface area contributed by atoms with Gasteiger partial charge in [0.15, 0.2) is 11.8 Å². The van der Waals surface area contributed by atoms with Crippen molar-refractivity contribution < 1.29 is 32.2 Å². The van der Waals surface area contributed by atoms with Crippen LogP contribution >= 0.6 is 11.8 Å². The van der Waals surface area contributed by atoms with Gasteiger partial charge in [0, 0.05) is 24.6 Å². The number of ether oxygens (including phenoxy) is 2. The number of carbonyl (C=O) groups is 2. The molecular weight excluding hydrogens is 511 g/mol. The quantitative estimate of drug-likeness (QED) is 0.282. The number of fused-ring (bicyclic) bond motifs is 1. The van der Waals surface area contributed by atoms with E-state index in [0.717, 1.165) is 0 Å². The van der Waals surface area contributed by atoms with Gasteiger partial charge in [-0.05, 0) is 39.2 Å². The standard InChI is InChI=1S/C24H28F3N5O4S/c1-16-18(28-10-9-20(16)36-15-24(25,26)27)14-37-22-29-17-7-5-6-8-19(17)32(22)23(34)31(4)11-12-35-21(33)13-30(2)3/h5-10H,11-15H2,1-4H3. The molecule has 0 N–H and O–H groups in total. The third kappa shape index (κ3) is 7.83. The van der Waals surface area contributed by atoms with Gasteiger partial charge in [-0.3, -0.25) is 14.7 Å². The number of likely N-dealkylation sites (N-methyl/N-ethyl adjacent to an activating group) is 2. The van der Waals surface area contributed by atoms with Gasteiger partial charge in [-0.15, -0.1) is 0 Å². The molecule has 1 amide bonds. The Bertz CT molecular complexity index is 1250. The maximum absolute atomic E-state index is 13.4. The fourth-order valence-corrected chi connectivity index (χ4v) is 4.33. The summed E-state index contributed by atoms with van der Waals surface area (Å²) in [5.41, 5.74) is 2.19. The summed E-state index contributed by atoms with van der Waals surface area (Å²) in [7, 11) is 5.10. The topological polar surface area (TPSA) is 89.8 Å². The maximum Gasteiger partial charge on any atom is 0.422 e. The summed E-state index contributed by atoms with van der Waals surface area (Å²) in [6.07, 6.45) is -3.07. The van der Waals surface area contributed by atoms with Crippen LogP contribution in [0.3, 0.4) is 0 Å². The van der Waals surface area contributed by atoms with Gasteiger partial charge in [0.1, 0.15) is 12.4 Å². The minimum absolute atomic E-state index is 0.0395. The molecule has 0 spiro atoms. The Morgan fingerprint density at radius 2 is 1.86 bits per heavy atom. The number of rotatable bonds is 10. The highest BCUT2D eigenvalue weighted by Gasteiger charge is 2.29. The second-order valence-electron chi connectivity index (χ2n) is 8.45. The van der Waals surface area contributed by atoms with Crippen molar-refractivity contribution in [2.24, 2.45) is 0 Å². The molecule has 3 rings (SSSR count). The number of imidazole rings is 1. The highest BCUT2D eigenvalue weighted by Crippen LogP contribution is 2.30. The molecule has 0 aliphatic carbocycles. The average molecular weight is 540 g/mol. The Balaban J connectivity index is 1.75. The van der Waals surface area contributed by atoms with Crippen LogP contribution in [0.25, 0.3) is 11.0 Å². The molecule has 9 nitrogen and oxygen atoms in total.